The van der Waals surface area contributed by atoms with Crippen LogP contribution in [0.1, 0.15) is 20.8 Å². The zero-order chi connectivity index (χ0) is 16.0. The monoisotopic (exact) mass is 300 g/mol. The van der Waals surface area contributed by atoms with Gasteiger partial charge in [-0.1, -0.05) is 0 Å². The molecule has 0 radical (unpaired) electrons. The van der Waals surface area contributed by atoms with Crippen molar-refractivity contribution >= 4 is 11.4 Å². The Balaban J connectivity index is 3.69. The Morgan fingerprint density at radius 2 is 1.43 bits per heavy atom. The van der Waals surface area contributed by atoms with Gasteiger partial charge in [-0.3, -0.25) is 20.2 Å². The van der Waals surface area contributed by atoms with E-state index in [-0.39, 0.29) is 31.3 Å². The number of benzene rings is 1. The molecule has 0 atom stereocenters. The van der Waals surface area contributed by atoms with E-state index in [1.54, 1.807) is 20.8 Å². The van der Waals surface area contributed by atoms with E-state index in [9.17, 15) is 20.2 Å². The highest BCUT2D eigenvalue weighted by atomic mass is 16.6. The number of ether oxygens (including phenoxy) is 3. The zero-order valence-corrected chi connectivity index (χ0v) is 12.0. The van der Waals surface area contributed by atoms with Crippen molar-refractivity contribution in [3.8, 4) is 17.2 Å². The number of hydrogen-bond acceptors (Lipinski definition) is 7. The number of nitro groups is 2. The highest BCUT2D eigenvalue weighted by Crippen LogP contribution is 2.49. The Labute approximate surface area is 120 Å². The van der Waals surface area contributed by atoms with Crippen LogP contribution in [-0.4, -0.2) is 29.7 Å². The van der Waals surface area contributed by atoms with Crippen LogP contribution in [0.2, 0.25) is 0 Å². The van der Waals surface area contributed by atoms with Gasteiger partial charge in [-0.25, -0.2) is 0 Å². The summed E-state index contributed by atoms with van der Waals surface area (Å²) in [5.41, 5.74) is -1.13. The Morgan fingerprint density at radius 3 is 1.86 bits per heavy atom. The molecule has 0 aromatic heterocycles. The molecule has 0 saturated heterocycles. The second-order valence-electron chi connectivity index (χ2n) is 3.71. The third kappa shape index (κ3) is 3.50. The summed E-state index contributed by atoms with van der Waals surface area (Å²) in [6.45, 7) is 5.24. The number of nitrogens with zero attached hydrogens (tertiary/aromatic N) is 2. The first kappa shape index (κ1) is 16.5. The van der Waals surface area contributed by atoms with Crippen LogP contribution in [0.5, 0.6) is 17.2 Å². The molecule has 9 heteroatoms. The van der Waals surface area contributed by atoms with Crippen LogP contribution in [0.4, 0.5) is 11.4 Å². The van der Waals surface area contributed by atoms with E-state index < -0.39 is 27.0 Å². The van der Waals surface area contributed by atoms with Crippen LogP contribution in [0, 0.1) is 20.2 Å². The highest BCUT2D eigenvalue weighted by molar-refractivity contribution is 5.72. The van der Waals surface area contributed by atoms with Crippen molar-refractivity contribution < 1.29 is 24.1 Å². The average Bonchev–Trinajstić information content (AvgIpc) is 2.41. The van der Waals surface area contributed by atoms with Crippen LogP contribution in [0.15, 0.2) is 6.07 Å². The lowest BCUT2D eigenvalue weighted by molar-refractivity contribution is -0.396. The van der Waals surface area contributed by atoms with Crippen LogP contribution >= 0.6 is 0 Å². The maximum atomic E-state index is 11.3. The Morgan fingerprint density at radius 1 is 0.905 bits per heavy atom. The quantitative estimate of drug-likeness (QED) is 0.535. The molecule has 0 saturated carbocycles. The lowest BCUT2D eigenvalue weighted by Gasteiger charge is -2.13. The normalized spacial score (nSPS) is 10.0. The van der Waals surface area contributed by atoms with Crippen molar-refractivity contribution in [2.24, 2.45) is 0 Å². The molecule has 1 aromatic rings. The second kappa shape index (κ2) is 7.27. The summed E-state index contributed by atoms with van der Waals surface area (Å²) < 4.78 is 15.5. The minimum atomic E-state index is -0.772. The molecule has 1 aromatic carbocycles. The van der Waals surface area contributed by atoms with Crippen molar-refractivity contribution in [3.05, 3.63) is 26.3 Å². The van der Waals surface area contributed by atoms with Gasteiger partial charge >= 0.3 is 11.4 Å². The van der Waals surface area contributed by atoms with Crippen molar-refractivity contribution in [3.63, 3.8) is 0 Å². The molecule has 9 nitrogen and oxygen atoms in total. The van der Waals surface area contributed by atoms with Gasteiger partial charge in [-0.05, 0) is 20.8 Å². The Hall–Kier alpha value is -2.58. The van der Waals surface area contributed by atoms with Crippen molar-refractivity contribution in [2.45, 2.75) is 20.8 Å². The first-order valence-corrected chi connectivity index (χ1v) is 6.35. The minimum Gasteiger partial charge on any atom is -0.489 e. The summed E-state index contributed by atoms with van der Waals surface area (Å²) in [6.07, 6.45) is 0. The molecule has 0 aliphatic rings. The zero-order valence-electron chi connectivity index (χ0n) is 12.0. The molecule has 21 heavy (non-hydrogen) atoms. The standard InChI is InChI=1S/C12H16N2O7/c1-4-19-9-7-8(13(15)16)11(20-5-2)10(14(17)18)12(9)21-6-3/h7H,4-6H2,1-3H3. The van der Waals surface area contributed by atoms with Crippen LogP contribution in [-0.2, 0) is 0 Å². The smallest absolute Gasteiger partial charge is 0.363 e. The average molecular weight is 300 g/mol. The summed E-state index contributed by atoms with van der Waals surface area (Å²) >= 11 is 0. The Kier molecular flexibility index (Phi) is 5.70. The predicted octanol–water partition coefficient (Wildman–Crippen LogP) is 2.70. The van der Waals surface area contributed by atoms with Crippen LogP contribution in [0.3, 0.4) is 0 Å². The third-order valence-electron chi connectivity index (χ3n) is 2.41. The first-order valence-electron chi connectivity index (χ1n) is 6.35. The van der Waals surface area contributed by atoms with Gasteiger partial charge < -0.3 is 14.2 Å². The Bertz CT molecular complexity index is 545. The van der Waals surface area contributed by atoms with E-state index >= 15 is 0 Å². The third-order valence-corrected chi connectivity index (χ3v) is 2.41. The molecule has 0 amide bonds. The number of rotatable bonds is 8. The molecule has 0 aliphatic carbocycles. The minimum absolute atomic E-state index is 0.0429. The second-order valence-corrected chi connectivity index (χ2v) is 3.71. The molecule has 0 N–H and O–H groups in total. The predicted molar refractivity (Wildman–Crippen MR) is 73.3 cm³/mol. The van der Waals surface area contributed by atoms with E-state index in [4.69, 9.17) is 14.2 Å². The van der Waals surface area contributed by atoms with E-state index in [1.807, 2.05) is 0 Å². The van der Waals surface area contributed by atoms with Crippen molar-refractivity contribution in [2.75, 3.05) is 19.8 Å². The van der Waals surface area contributed by atoms with Crippen molar-refractivity contribution in [1.29, 1.82) is 0 Å². The molecule has 0 aliphatic heterocycles. The lowest BCUT2D eigenvalue weighted by atomic mass is 10.2. The lowest BCUT2D eigenvalue weighted by Crippen LogP contribution is -2.07. The van der Waals surface area contributed by atoms with Gasteiger partial charge in [0, 0.05) is 0 Å². The van der Waals surface area contributed by atoms with Gasteiger partial charge in [0.1, 0.15) is 0 Å². The molecule has 0 bridgehead atoms. The summed E-state index contributed by atoms with van der Waals surface area (Å²) in [5, 5.41) is 22.4. The van der Waals surface area contributed by atoms with Gasteiger partial charge in [-0.2, -0.15) is 0 Å². The maximum absolute atomic E-state index is 11.3. The SMILES string of the molecule is CCOc1cc([N+](=O)[O-])c(OCC)c([N+](=O)[O-])c1OCC. The number of hydrogen-bond donors (Lipinski definition) is 0. The van der Waals surface area contributed by atoms with Crippen LogP contribution < -0.4 is 14.2 Å². The summed E-state index contributed by atoms with van der Waals surface area (Å²) in [4.78, 5) is 20.9. The largest absolute Gasteiger partial charge is 0.489 e. The molecule has 0 heterocycles. The summed E-state index contributed by atoms with van der Waals surface area (Å²) in [6, 6.07) is 1.08. The van der Waals surface area contributed by atoms with Gasteiger partial charge in [-0.15, -0.1) is 0 Å². The van der Waals surface area contributed by atoms with Gasteiger partial charge in [0.25, 0.3) is 5.75 Å². The first-order chi connectivity index (χ1) is 9.97. The van der Waals surface area contributed by atoms with Gasteiger partial charge in [0.05, 0.1) is 35.7 Å². The van der Waals surface area contributed by atoms with E-state index in [1.165, 1.54) is 0 Å². The molecule has 0 fully saturated rings. The van der Waals surface area contributed by atoms with Gasteiger partial charge in [0.2, 0.25) is 5.75 Å². The highest BCUT2D eigenvalue weighted by Gasteiger charge is 2.35. The molecule has 0 spiro atoms. The molecule has 1 rings (SSSR count). The van der Waals surface area contributed by atoms with E-state index in [0.29, 0.717) is 0 Å². The summed E-state index contributed by atoms with van der Waals surface area (Å²) in [5.74, 6) is -0.654. The van der Waals surface area contributed by atoms with Crippen LogP contribution in [0.25, 0.3) is 0 Å². The molecule has 0 unspecified atom stereocenters. The fraction of sp³-hybridized carbons (Fsp3) is 0.500. The number of nitro benzene ring substituents is 2. The fourth-order valence-electron chi connectivity index (χ4n) is 1.73. The molecule has 116 valence electrons. The maximum Gasteiger partial charge on any atom is 0.363 e. The molecular formula is C12H16N2O7. The van der Waals surface area contributed by atoms with E-state index in [2.05, 4.69) is 0 Å². The molecular weight excluding hydrogens is 284 g/mol. The fourth-order valence-corrected chi connectivity index (χ4v) is 1.73. The van der Waals surface area contributed by atoms with E-state index in [0.717, 1.165) is 6.07 Å². The van der Waals surface area contributed by atoms with Gasteiger partial charge in [0.15, 0.2) is 5.75 Å². The van der Waals surface area contributed by atoms with Crippen molar-refractivity contribution in [1.82, 2.24) is 0 Å². The topological polar surface area (TPSA) is 114 Å². The summed E-state index contributed by atoms with van der Waals surface area (Å²) in [7, 11) is 0.